The lowest BCUT2D eigenvalue weighted by Gasteiger charge is -2.10. The zero-order valence-electron chi connectivity index (χ0n) is 7.96. The molecule has 0 heterocycles. The minimum absolute atomic E-state index is 0.215. The molecule has 0 aromatic heterocycles. The monoisotopic (exact) mass is 196 g/mol. The quantitative estimate of drug-likeness (QED) is 0.737. The Hall–Kier alpha value is -1.42. The zero-order chi connectivity index (χ0) is 10.6. The lowest BCUT2D eigenvalue weighted by molar-refractivity contribution is -0.121. The molecule has 3 nitrogen and oxygen atoms in total. The molecule has 0 saturated heterocycles. The maximum Gasteiger partial charge on any atom is 0.237 e. The molecule has 4 heteroatoms. The van der Waals surface area contributed by atoms with Gasteiger partial charge in [0.2, 0.25) is 5.91 Å². The summed E-state index contributed by atoms with van der Waals surface area (Å²) in [4.78, 5) is 11.1. The number of nitrogens with two attached hydrogens (primary N) is 1. The van der Waals surface area contributed by atoms with Gasteiger partial charge in [0.15, 0.2) is 0 Å². The van der Waals surface area contributed by atoms with Crippen LogP contribution >= 0.6 is 0 Å². The van der Waals surface area contributed by atoms with Crippen LogP contribution in [0.4, 0.5) is 4.39 Å². The number of nitrogens with one attached hydrogen (secondary N) is 1. The Morgan fingerprint density at radius 2 is 2.21 bits per heavy atom. The molecule has 0 aliphatic carbocycles. The number of hydrogen-bond donors (Lipinski definition) is 2. The molecule has 1 aromatic rings. The minimum atomic E-state index is -0.697. The van der Waals surface area contributed by atoms with E-state index in [1.165, 1.54) is 13.1 Å². The average Bonchev–Trinajstić information content (AvgIpc) is 2.20. The number of hydrogen-bond acceptors (Lipinski definition) is 2. The summed E-state index contributed by atoms with van der Waals surface area (Å²) in [6, 6.07) is 5.60. The van der Waals surface area contributed by atoms with Crippen LogP contribution in [0, 0.1) is 5.82 Å². The van der Waals surface area contributed by atoms with E-state index in [4.69, 9.17) is 5.73 Å². The fraction of sp³-hybridized carbons (Fsp3) is 0.300. The summed E-state index contributed by atoms with van der Waals surface area (Å²) >= 11 is 0. The highest BCUT2D eigenvalue weighted by Crippen LogP contribution is 2.08. The molecule has 0 bridgehead atoms. The molecule has 0 radical (unpaired) electrons. The van der Waals surface area contributed by atoms with Crippen molar-refractivity contribution in [3.05, 3.63) is 35.6 Å². The lowest BCUT2D eigenvalue weighted by Crippen LogP contribution is -2.40. The predicted molar refractivity (Wildman–Crippen MR) is 52.1 cm³/mol. The van der Waals surface area contributed by atoms with Gasteiger partial charge in [0.1, 0.15) is 5.82 Å². The van der Waals surface area contributed by atoms with Crippen molar-refractivity contribution >= 4 is 5.91 Å². The van der Waals surface area contributed by atoms with Crippen molar-refractivity contribution in [3.8, 4) is 0 Å². The van der Waals surface area contributed by atoms with Crippen LogP contribution in [0.1, 0.15) is 5.56 Å². The lowest BCUT2D eigenvalue weighted by atomic mass is 10.1. The molecule has 14 heavy (non-hydrogen) atoms. The van der Waals surface area contributed by atoms with Crippen LogP contribution in [0.25, 0.3) is 0 Å². The third-order valence-corrected chi connectivity index (χ3v) is 1.98. The van der Waals surface area contributed by atoms with Crippen molar-refractivity contribution in [2.24, 2.45) is 5.73 Å². The first-order valence-electron chi connectivity index (χ1n) is 4.35. The molecule has 1 amide bonds. The number of rotatable bonds is 3. The Labute approximate surface area is 82.1 Å². The van der Waals surface area contributed by atoms with Crippen LogP contribution in [0.3, 0.4) is 0 Å². The molecule has 76 valence electrons. The van der Waals surface area contributed by atoms with Crippen molar-refractivity contribution in [3.63, 3.8) is 0 Å². The van der Waals surface area contributed by atoms with Crippen molar-refractivity contribution in [2.75, 3.05) is 7.05 Å². The molecule has 1 unspecified atom stereocenters. The Bertz CT molecular complexity index is 328. The first kappa shape index (κ1) is 10.7. The maximum absolute atomic E-state index is 13.1. The zero-order valence-corrected chi connectivity index (χ0v) is 7.96. The van der Waals surface area contributed by atoms with Crippen LogP contribution in [0.2, 0.25) is 0 Å². The summed E-state index contributed by atoms with van der Waals surface area (Å²) in [6.07, 6.45) is 0.215. The van der Waals surface area contributed by atoms with Crippen LogP contribution in [-0.4, -0.2) is 19.0 Å². The molecule has 0 spiro atoms. The number of likely N-dealkylation sites (N-methyl/N-ethyl adjacent to an activating group) is 1. The SMILES string of the molecule is CNC(=O)C(N)Cc1ccccc1F. The minimum Gasteiger partial charge on any atom is -0.358 e. The van der Waals surface area contributed by atoms with Gasteiger partial charge in [-0.3, -0.25) is 4.79 Å². The molecule has 0 saturated carbocycles. The van der Waals surface area contributed by atoms with Crippen LogP contribution < -0.4 is 11.1 Å². The van der Waals surface area contributed by atoms with E-state index >= 15 is 0 Å². The fourth-order valence-corrected chi connectivity index (χ4v) is 1.18. The first-order valence-corrected chi connectivity index (χ1v) is 4.35. The van der Waals surface area contributed by atoms with Gasteiger partial charge in [-0.05, 0) is 18.1 Å². The average molecular weight is 196 g/mol. The highest BCUT2D eigenvalue weighted by atomic mass is 19.1. The smallest absolute Gasteiger partial charge is 0.237 e. The number of amides is 1. The van der Waals surface area contributed by atoms with Gasteiger partial charge in [0.25, 0.3) is 0 Å². The Balaban J connectivity index is 2.69. The maximum atomic E-state index is 13.1. The van der Waals surface area contributed by atoms with Gasteiger partial charge >= 0.3 is 0 Å². The van der Waals surface area contributed by atoms with E-state index in [9.17, 15) is 9.18 Å². The van der Waals surface area contributed by atoms with Gasteiger partial charge in [0.05, 0.1) is 6.04 Å². The standard InChI is InChI=1S/C10H13FN2O/c1-13-10(14)9(12)6-7-4-2-3-5-8(7)11/h2-5,9H,6,12H2,1H3,(H,13,14). The fourth-order valence-electron chi connectivity index (χ4n) is 1.18. The molecule has 3 N–H and O–H groups in total. The Kier molecular flexibility index (Phi) is 3.59. The third kappa shape index (κ3) is 2.53. The summed E-state index contributed by atoms with van der Waals surface area (Å²) in [5.74, 6) is -0.611. The van der Waals surface area contributed by atoms with Gasteiger partial charge in [0, 0.05) is 7.05 Å². The number of halogens is 1. The van der Waals surface area contributed by atoms with Crippen LogP contribution in [-0.2, 0) is 11.2 Å². The second kappa shape index (κ2) is 4.72. The van der Waals surface area contributed by atoms with Crippen molar-refractivity contribution < 1.29 is 9.18 Å². The normalized spacial score (nSPS) is 12.2. The van der Waals surface area contributed by atoms with Crippen molar-refractivity contribution in [2.45, 2.75) is 12.5 Å². The van der Waals surface area contributed by atoms with Gasteiger partial charge in [-0.15, -0.1) is 0 Å². The molecule has 1 atom stereocenters. The second-order valence-corrected chi connectivity index (χ2v) is 3.02. The molecule has 0 aliphatic heterocycles. The molecular formula is C10H13FN2O. The molecule has 0 aliphatic rings. The second-order valence-electron chi connectivity index (χ2n) is 3.02. The topological polar surface area (TPSA) is 55.1 Å². The Morgan fingerprint density at radius 1 is 1.57 bits per heavy atom. The molecule has 1 aromatic carbocycles. The number of carbonyl (C=O) groups is 1. The summed E-state index contributed by atoms with van der Waals surface area (Å²) in [5.41, 5.74) is 6.01. The highest BCUT2D eigenvalue weighted by molar-refractivity contribution is 5.81. The first-order chi connectivity index (χ1) is 6.65. The largest absolute Gasteiger partial charge is 0.358 e. The van der Waals surface area contributed by atoms with Crippen molar-refractivity contribution in [1.82, 2.24) is 5.32 Å². The van der Waals surface area contributed by atoms with Gasteiger partial charge in [-0.1, -0.05) is 18.2 Å². The van der Waals surface area contributed by atoms with E-state index in [1.807, 2.05) is 0 Å². The van der Waals surface area contributed by atoms with Gasteiger partial charge in [-0.25, -0.2) is 4.39 Å². The van der Waals surface area contributed by atoms with E-state index < -0.39 is 6.04 Å². The predicted octanol–water partition coefficient (Wildman–Crippen LogP) is 0.442. The number of benzene rings is 1. The highest BCUT2D eigenvalue weighted by Gasteiger charge is 2.13. The van der Waals surface area contributed by atoms with Crippen LogP contribution in [0.5, 0.6) is 0 Å². The van der Waals surface area contributed by atoms with Crippen LogP contribution in [0.15, 0.2) is 24.3 Å². The van der Waals surface area contributed by atoms with Crippen molar-refractivity contribution in [1.29, 1.82) is 0 Å². The summed E-state index contributed by atoms with van der Waals surface area (Å²) < 4.78 is 13.1. The summed E-state index contributed by atoms with van der Waals surface area (Å²) in [6.45, 7) is 0. The molecule has 1 rings (SSSR count). The third-order valence-electron chi connectivity index (χ3n) is 1.98. The van der Waals surface area contributed by atoms with Gasteiger partial charge < -0.3 is 11.1 Å². The van der Waals surface area contributed by atoms with E-state index in [0.29, 0.717) is 5.56 Å². The van der Waals surface area contributed by atoms with Gasteiger partial charge in [-0.2, -0.15) is 0 Å². The van der Waals surface area contributed by atoms with E-state index in [1.54, 1.807) is 18.2 Å². The molecule has 0 fully saturated rings. The van der Waals surface area contributed by atoms with E-state index in [-0.39, 0.29) is 18.1 Å². The summed E-state index contributed by atoms with van der Waals surface area (Å²) in [7, 11) is 1.50. The van der Waals surface area contributed by atoms with E-state index in [2.05, 4.69) is 5.32 Å². The molecular weight excluding hydrogens is 183 g/mol. The summed E-state index contributed by atoms with van der Waals surface area (Å²) in [5, 5.41) is 2.42. The van der Waals surface area contributed by atoms with E-state index in [0.717, 1.165) is 0 Å². The number of carbonyl (C=O) groups excluding carboxylic acids is 1. The Morgan fingerprint density at radius 3 is 2.79 bits per heavy atom.